The molecule has 35 heavy (non-hydrogen) atoms. The summed E-state index contributed by atoms with van der Waals surface area (Å²) in [4.78, 5) is 0. The van der Waals surface area contributed by atoms with Gasteiger partial charge in [0.1, 0.15) is 0 Å². The molecule has 0 spiro atoms. The molecule has 0 aliphatic rings. The minimum atomic E-state index is -0.429. The monoisotopic (exact) mass is 506 g/mol. The molecule has 0 amide bonds. The molecule has 7 heteroatoms. The largest absolute Gasteiger partial charge is 0.380 e. The molecule has 7 nitrogen and oxygen atoms in total. The van der Waals surface area contributed by atoms with Crippen LogP contribution < -0.4 is 0 Å². The first kappa shape index (κ1) is 34.7. The first-order chi connectivity index (χ1) is 16.2. The van der Waals surface area contributed by atoms with Crippen LogP contribution in [0.15, 0.2) is 0 Å². The van der Waals surface area contributed by atoms with Crippen molar-refractivity contribution >= 4 is 0 Å². The Balaban J connectivity index is 5.74. The second-order valence-corrected chi connectivity index (χ2v) is 11.7. The lowest BCUT2D eigenvalue weighted by Crippen LogP contribution is -2.47. The molecule has 212 valence electrons. The Bertz CT molecular complexity index is 397. The Kier molecular flexibility index (Phi) is 17.9. The average Bonchev–Trinajstić information content (AvgIpc) is 2.74. The van der Waals surface area contributed by atoms with Crippen molar-refractivity contribution in [2.75, 3.05) is 52.9 Å². The predicted molar refractivity (Wildman–Crippen MR) is 142 cm³/mol. The van der Waals surface area contributed by atoms with Gasteiger partial charge in [0.25, 0.3) is 0 Å². The highest BCUT2D eigenvalue weighted by atomic mass is 16.5. The zero-order valence-electron chi connectivity index (χ0n) is 25.0. The second-order valence-electron chi connectivity index (χ2n) is 11.7. The van der Waals surface area contributed by atoms with E-state index in [0.717, 1.165) is 0 Å². The minimum Gasteiger partial charge on any atom is -0.380 e. The molecule has 0 saturated heterocycles. The fraction of sp³-hybridized carbons (Fsp3) is 1.00. The lowest BCUT2D eigenvalue weighted by atomic mass is 9.90. The van der Waals surface area contributed by atoms with Gasteiger partial charge in [0, 0.05) is 0 Å². The van der Waals surface area contributed by atoms with Gasteiger partial charge in [0.2, 0.25) is 0 Å². The molecular formula is C28H58O7. The lowest BCUT2D eigenvalue weighted by Gasteiger charge is -2.38. The molecule has 0 radical (unpaired) electrons. The quantitative estimate of drug-likeness (QED) is 0.191. The van der Waals surface area contributed by atoms with Crippen molar-refractivity contribution in [3.05, 3.63) is 0 Å². The van der Waals surface area contributed by atoms with E-state index in [4.69, 9.17) is 33.2 Å². The first-order valence-corrected chi connectivity index (χ1v) is 13.5. The van der Waals surface area contributed by atoms with E-state index in [9.17, 15) is 0 Å². The molecule has 0 N–H and O–H groups in total. The smallest absolute Gasteiger partial charge is 0.0638 e. The standard InChI is InChI=1S/C28H58O7/c1-21(2)30-15-27(16-31-22(3)4,17-32-23(5)6)13-29-14-28(18-33-24(7)8,19-34-25(9)10)20-35-26(11)12/h21-26H,13-20H2,1-12H3. The lowest BCUT2D eigenvalue weighted by molar-refractivity contribution is -0.161. The molecule has 0 aromatic rings. The van der Waals surface area contributed by atoms with Gasteiger partial charge in [0.05, 0.1) is 100 Å². The summed E-state index contributed by atoms with van der Waals surface area (Å²) in [5.74, 6) is 0. The number of ether oxygens (including phenoxy) is 7. The van der Waals surface area contributed by atoms with Crippen molar-refractivity contribution in [2.24, 2.45) is 10.8 Å². The van der Waals surface area contributed by atoms with Gasteiger partial charge in [-0.05, 0) is 83.1 Å². The summed E-state index contributed by atoms with van der Waals surface area (Å²) in [5.41, 5.74) is -0.859. The molecule has 0 aromatic carbocycles. The van der Waals surface area contributed by atoms with Gasteiger partial charge in [-0.1, -0.05) is 0 Å². The number of hydrogen-bond donors (Lipinski definition) is 0. The summed E-state index contributed by atoms with van der Waals surface area (Å²) >= 11 is 0. The van der Waals surface area contributed by atoms with E-state index in [1.54, 1.807) is 0 Å². The molecular weight excluding hydrogens is 448 g/mol. The van der Waals surface area contributed by atoms with Crippen LogP contribution in [0.5, 0.6) is 0 Å². The van der Waals surface area contributed by atoms with E-state index in [-0.39, 0.29) is 36.6 Å². The third-order valence-electron chi connectivity index (χ3n) is 5.15. The van der Waals surface area contributed by atoms with E-state index in [0.29, 0.717) is 52.9 Å². The van der Waals surface area contributed by atoms with Crippen LogP contribution in [0.1, 0.15) is 83.1 Å². The van der Waals surface area contributed by atoms with Gasteiger partial charge in [-0.3, -0.25) is 0 Å². The van der Waals surface area contributed by atoms with Gasteiger partial charge < -0.3 is 33.2 Å². The highest BCUT2D eigenvalue weighted by Gasteiger charge is 2.37. The van der Waals surface area contributed by atoms with Crippen LogP contribution in [-0.4, -0.2) is 89.5 Å². The summed E-state index contributed by atoms with van der Waals surface area (Å²) in [5, 5.41) is 0. The van der Waals surface area contributed by atoms with E-state index in [1.165, 1.54) is 0 Å². The Labute approximate surface area is 216 Å². The number of hydrogen-bond acceptors (Lipinski definition) is 7. The van der Waals surface area contributed by atoms with Crippen LogP contribution in [0, 0.1) is 10.8 Å². The summed E-state index contributed by atoms with van der Waals surface area (Å²) < 4.78 is 42.9. The molecule has 0 bridgehead atoms. The molecule has 0 atom stereocenters. The number of rotatable bonds is 22. The SMILES string of the molecule is CC(C)OCC(COCC(COC(C)C)(COC(C)C)COC(C)C)(COC(C)C)COC(C)C. The van der Waals surface area contributed by atoms with Crippen LogP contribution in [0.3, 0.4) is 0 Å². The Hall–Kier alpha value is -0.280. The molecule has 0 heterocycles. The third-order valence-corrected chi connectivity index (χ3v) is 5.15. The van der Waals surface area contributed by atoms with Gasteiger partial charge in [-0.15, -0.1) is 0 Å². The molecule has 0 aliphatic carbocycles. The van der Waals surface area contributed by atoms with E-state index in [2.05, 4.69) is 0 Å². The maximum Gasteiger partial charge on any atom is 0.0638 e. The summed E-state index contributed by atoms with van der Waals surface area (Å²) in [6, 6.07) is 0. The van der Waals surface area contributed by atoms with Crippen LogP contribution >= 0.6 is 0 Å². The van der Waals surface area contributed by atoms with Crippen molar-refractivity contribution in [3.63, 3.8) is 0 Å². The van der Waals surface area contributed by atoms with E-state index < -0.39 is 10.8 Å². The molecule has 0 rings (SSSR count). The van der Waals surface area contributed by atoms with Crippen molar-refractivity contribution in [2.45, 2.75) is 120 Å². The van der Waals surface area contributed by atoms with Crippen molar-refractivity contribution in [1.29, 1.82) is 0 Å². The Morgan fingerprint density at radius 3 is 0.629 bits per heavy atom. The summed E-state index contributed by atoms with van der Waals surface area (Å²) in [7, 11) is 0. The van der Waals surface area contributed by atoms with Crippen LogP contribution in [-0.2, 0) is 33.2 Å². The minimum absolute atomic E-state index is 0.102. The van der Waals surface area contributed by atoms with E-state index >= 15 is 0 Å². The van der Waals surface area contributed by atoms with Crippen LogP contribution in [0.25, 0.3) is 0 Å². The zero-order valence-corrected chi connectivity index (χ0v) is 25.0. The topological polar surface area (TPSA) is 64.6 Å². The van der Waals surface area contributed by atoms with Gasteiger partial charge in [-0.25, -0.2) is 0 Å². The van der Waals surface area contributed by atoms with Crippen molar-refractivity contribution in [1.82, 2.24) is 0 Å². The highest BCUT2D eigenvalue weighted by molar-refractivity contribution is 4.84. The van der Waals surface area contributed by atoms with Crippen molar-refractivity contribution < 1.29 is 33.2 Å². The average molecular weight is 507 g/mol. The normalized spacial score (nSPS) is 13.5. The van der Waals surface area contributed by atoms with Gasteiger partial charge in [0.15, 0.2) is 0 Å². The molecule has 0 aliphatic heterocycles. The summed E-state index contributed by atoms with van der Waals surface area (Å²) in [6.07, 6.45) is 0.611. The maximum absolute atomic E-state index is 6.48. The van der Waals surface area contributed by atoms with Gasteiger partial charge >= 0.3 is 0 Å². The maximum atomic E-state index is 6.48. The summed E-state index contributed by atoms with van der Waals surface area (Å²) in [6.45, 7) is 28.3. The molecule has 0 fully saturated rings. The van der Waals surface area contributed by atoms with E-state index in [1.807, 2.05) is 83.1 Å². The van der Waals surface area contributed by atoms with Crippen LogP contribution in [0.4, 0.5) is 0 Å². The molecule has 0 unspecified atom stereocenters. The highest BCUT2D eigenvalue weighted by Crippen LogP contribution is 2.27. The second kappa shape index (κ2) is 18.1. The Morgan fingerprint density at radius 1 is 0.314 bits per heavy atom. The predicted octanol–water partition coefficient (Wildman–Crippen LogP) is 5.53. The third kappa shape index (κ3) is 17.7. The first-order valence-electron chi connectivity index (χ1n) is 13.5. The van der Waals surface area contributed by atoms with Gasteiger partial charge in [-0.2, -0.15) is 0 Å². The van der Waals surface area contributed by atoms with Crippen LogP contribution in [0.2, 0.25) is 0 Å². The fourth-order valence-electron chi connectivity index (χ4n) is 3.04. The molecule has 0 aromatic heterocycles. The molecule has 0 saturated carbocycles. The van der Waals surface area contributed by atoms with Crippen molar-refractivity contribution in [3.8, 4) is 0 Å². The zero-order chi connectivity index (χ0) is 27.1. The fourth-order valence-corrected chi connectivity index (χ4v) is 3.04. The Morgan fingerprint density at radius 2 is 0.486 bits per heavy atom.